The van der Waals surface area contributed by atoms with Crippen LogP contribution in [-0.4, -0.2) is 11.0 Å². The first kappa shape index (κ1) is 9.59. The molecule has 1 aromatic rings. The molecule has 0 aromatic heterocycles. The monoisotopic (exact) mass is 207 g/mol. The van der Waals surface area contributed by atoms with Crippen LogP contribution < -0.4 is 0 Å². The lowest BCUT2D eigenvalue weighted by Gasteiger charge is -2.08. The molecule has 0 saturated heterocycles. The van der Waals surface area contributed by atoms with Gasteiger partial charge in [0.15, 0.2) is 5.94 Å². The van der Waals surface area contributed by atoms with Gasteiger partial charge in [0.05, 0.1) is 0 Å². The van der Waals surface area contributed by atoms with Crippen molar-refractivity contribution in [2.45, 2.75) is 20.8 Å². The van der Waals surface area contributed by atoms with Gasteiger partial charge in [-0.2, -0.15) is 0 Å². The number of aryl methyl sites for hydroxylation is 3. The minimum absolute atomic E-state index is 0.641. The van der Waals surface area contributed by atoms with Gasteiger partial charge >= 0.3 is 0 Å². The van der Waals surface area contributed by atoms with E-state index >= 15 is 0 Å². The number of hydrogen-bond donors (Lipinski definition) is 0. The second-order valence-corrected chi connectivity index (χ2v) is 4.47. The molecule has 0 spiro atoms. The highest BCUT2D eigenvalue weighted by molar-refractivity contribution is 8.14. The predicted octanol–water partition coefficient (Wildman–Crippen LogP) is 2.99. The molecule has 0 amide bonds. The first-order chi connectivity index (χ1) is 6.68. The Morgan fingerprint density at radius 2 is 1.86 bits per heavy atom. The van der Waals surface area contributed by atoms with Crippen molar-refractivity contribution in [1.82, 2.24) is 0 Å². The zero-order valence-corrected chi connectivity index (χ0v) is 9.44. The summed E-state index contributed by atoms with van der Waals surface area (Å²) in [6.07, 6.45) is 0. The van der Waals surface area contributed by atoms with Gasteiger partial charge in [0.25, 0.3) is 0 Å². The number of nitrogens with zero attached hydrogens (tertiary/aromatic N) is 1. The maximum absolute atomic E-state index is 5.00. The third kappa shape index (κ3) is 1.64. The third-order valence-corrected chi connectivity index (χ3v) is 3.06. The second kappa shape index (κ2) is 3.65. The van der Waals surface area contributed by atoms with E-state index in [4.69, 9.17) is 4.84 Å². The normalized spacial score (nSPS) is 15.2. The fourth-order valence-electron chi connectivity index (χ4n) is 1.83. The Morgan fingerprint density at radius 3 is 2.36 bits per heavy atom. The highest BCUT2D eigenvalue weighted by Gasteiger charge is 2.16. The van der Waals surface area contributed by atoms with E-state index in [2.05, 4.69) is 38.1 Å². The smallest absolute Gasteiger partial charge is 0.168 e. The topological polar surface area (TPSA) is 21.6 Å². The molecule has 0 aliphatic carbocycles. The number of oxime groups is 1. The van der Waals surface area contributed by atoms with Crippen LogP contribution in [0.25, 0.3) is 0 Å². The molecule has 2 nitrogen and oxygen atoms in total. The Bertz CT molecular complexity index is 375. The predicted molar refractivity (Wildman–Crippen MR) is 60.7 cm³/mol. The fraction of sp³-hybridized carbons (Fsp3) is 0.364. The van der Waals surface area contributed by atoms with Crippen molar-refractivity contribution < 1.29 is 4.84 Å². The molecule has 1 heterocycles. The van der Waals surface area contributed by atoms with Crippen LogP contribution in [0.4, 0.5) is 0 Å². The molecule has 0 N–H and O–H groups in total. The Kier molecular flexibility index (Phi) is 2.50. The Balaban J connectivity index is 2.52. The molecule has 2 rings (SSSR count). The van der Waals surface area contributed by atoms with Gasteiger partial charge in [-0.05, 0) is 31.9 Å². The molecule has 1 aromatic carbocycles. The van der Waals surface area contributed by atoms with Crippen LogP contribution in [0.5, 0.6) is 0 Å². The molecule has 0 unspecified atom stereocenters. The van der Waals surface area contributed by atoms with Crippen molar-refractivity contribution in [3.63, 3.8) is 0 Å². The van der Waals surface area contributed by atoms with Crippen molar-refractivity contribution in [1.29, 1.82) is 0 Å². The van der Waals surface area contributed by atoms with Gasteiger partial charge in [-0.15, -0.1) is 0 Å². The van der Waals surface area contributed by atoms with Gasteiger partial charge in [0, 0.05) is 5.56 Å². The Morgan fingerprint density at radius 1 is 1.21 bits per heavy atom. The Labute approximate surface area is 88.3 Å². The molecule has 0 bridgehead atoms. The molecule has 0 radical (unpaired) electrons. The molecular formula is C11H13NOS. The summed E-state index contributed by atoms with van der Waals surface area (Å²) in [5, 5.41) is 5.05. The van der Waals surface area contributed by atoms with Crippen molar-refractivity contribution >= 4 is 16.8 Å². The highest BCUT2D eigenvalue weighted by atomic mass is 32.2. The lowest BCUT2D eigenvalue weighted by atomic mass is 10.0. The largest absolute Gasteiger partial charge is 0.383 e. The summed E-state index contributed by atoms with van der Waals surface area (Å²) >= 11 is 1.66. The van der Waals surface area contributed by atoms with Crippen LogP contribution in [-0.2, 0) is 4.84 Å². The molecule has 0 atom stereocenters. The first-order valence-electron chi connectivity index (χ1n) is 4.59. The minimum atomic E-state index is 0.641. The van der Waals surface area contributed by atoms with Gasteiger partial charge in [0.2, 0.25) is 0 Å². The van der Waals surface area contributed by atoms with E-state index in [0.717, 1.165) is 5.04 Å². The number of rotatable bonds is 1. The first-order valence-corrected chi connectivity index (χ1v) is 5.58. The average molecular weight is 207 g/mol. The van der Waals surface area contributed by atoms with Crippen LogP contribution in [0.15, 0.2) is 17.3 Å². The van der Waals surface area contributed by atoms with E-state index in [1.807, 2.05) is 0 Å². The van der Waals surface area contributed by atoms with E-state index in [0.29, 0.717) is 5.94 Å². The van der Waals surface area contributed by atoms with Crippen LogP contribution in [0.2, 0.25) is 0 Å². The minimum Gasteiger partial charge on any atom is -0.383 e. The van der Waals surface area contributed by atoms with Crippen LogP contribution in [0.3, 0.4) is 0 Å². The standard InChI is InChI=1S/C11H13NOS/c1-7-4-8(2)10(9(3)5-7)11-12-13-6-14-11/h4-5H,6H2,1-3H3. The quantitative estimate of drug-likeness (QED) is 0.706. The van der Waals surface area contributed by atoms with Crippen LogP contribution >= 0.6 is 11.8 Å². The summed E-state index contributed by atoms with van der Waals surface area (Å²) in [4.78, 5) is 5.00. The van der Waals surface area contributed by atoms with E-state index < -0.39 is 0 Å². The third-order valence-electron chi connectivity index (χ3n) is 2.29. The summed E-state index contributed by atoms with van der Waals surface area (Å²) in [7, 11) is 0. The maximum atomic E-state index is 5.00. The number of hydrogen-bond acceptors (Lipinski definition) is 3. The van der Waals surface area contributed by atoms with Crippen molar-refractivity contribution in [2.75, 3.05) is 5.94 Å². The average Bonchev–Trinajstić information content (AvgIpc) is 2.54. The molecule has 14 heavy (non-hydrogen) atoms. The second-order valence-electron chi connectivity index (χ2n) is 3.56. The van der Waals surface area contributed by atoms with Gasteiger partial charge in [-0.3, -0.25) is 0 Å². The molecule has 3 heteroatoms. The number of benzene rings is 1. The summed E-state index contributed by atoms with van der Waals surface area (Å²) in [5.41, 5.74) is 5.09. The summed E-state index contributed by atoms with van der Waals surface area (Å²) in [5.74, 6) is 0.641. The Hall–Kier alpha value is -0.960. The van der Waals surface area contributed by atoms with E-state index in [9.17, 15) is 0 Å². The lowest BCUT2D eigenvalue weighted by molar-refractivity contribution is 0.205. The van der Waals surface area contributed by atoms with Gasteiger partial charge < -0.3 is 4.84 Å². The molecule has 74 valence electrons. The fourth-order valence-corrected chi connectivity index (χ4v) is 2.62. The molecule has 0 fully saturated rings. The maximum Gasteiger partial charge on any atom is 0.168 e. The van der Waals surface area contributed by atoms with E-state index in [1.165, 1.54) is 22.3 Å². The number of thioether (sulfide) groups is 1. The van der Waals surface area contributed by atoms with Gasteiger partial charge in [0.1, 0.15) is 5.04 Å². The van der Waals surface area contributed by atoms with Crippen molar-refractivity contribution in [2.24, 2.45) is 5.16 Å². The van der Waals surface area contributed by atoms with E-state index in [1.54, 1.807) is 11.8 Å². The molecule has 1 aliphatic rings. The zero-order chi connectivity index (χ0) is 10.1. The summed E-state index contributed by atoms with van der Waals surface area (Å²) in [6, 6.07) is 4.37. The molecule has 1 aliphatic heterocycles. The van der Waals surface area contributed by atoms with Crippen LogP contribution in [0, 0.1) is 20.8 Å². The SMILES string of the molecule is Cc1cc(C)c(C2=NOCS2)c(C)c1. The molecule has 0 saturated carbocycles. The summed E-state index contributed by atoms with van der Waals surface area (Å²) < 4.78 is 0. The van der Waals surface area contributed by atoms with E-state index in [-0.39, 0.29) is 0 Å². The zero-order valence-electron chi connectivity index (χ0n) is 8.63. The highest BCUT2D eigenvalue weighted by Crippen LogP contribution is 2.26. The van der Waals surface area contributed by atoms with Crippen molar-refractivity contribution in [3.8, 4) is 0 Å². The summed E-state index contributed by atoms with van der Waals surface area (Å²) in [6.45, 7) is 6.36. The van der Waals surface area contributed by atoms with Gasteiger partial charge in [-0.25, -0.2) is 0 Å². The van der Waals surface area contributed by atoms with Gasteiger partial charge in [-0.1, -0.05) is 34.6 Å². The molecular weight excluding hydrogens is 194 g/mol. The van der Waals surface area contributed by atoms with Crippen LogP contribution in [0.1, 0.15) is 22.3 Å². The van der Waals surface area contributed by atoms with Crippen molar-refractivity contribution in [3.05, 3.63) is 34.4 Å². The lowest BCUT2D eigenvalue weighted by Crippen LogP contribution is -2.00.